The third kappa shape index (κ3) is 13.8. The second kappa shape index (κ2) is 18.5. The van der Waals surface area contributed by atoms with Crippen LogP contribution in [0.5, 0.6) is 11.5 Å². The fraction of sp³-hybridized carbons (Fsp3) is 0.143. The summed E-state index contributed by atoms with van der Waals surface area (Å²) in [5, 5.41) is 11.5. The number of hydrogen-bond acceptors (Lipinski definition) is 5. The zero-order valence-electron chi connectivity index (χ0n) is 30.2. The van der Waals surface area contributed by atoms with Crippen LogP contribution in [0.4, 0.5) is 71.8 Å². The predicted molar refractivity (Wildman–Crippen MR) is 202 cm³/mol. The van der Waals surface area contributed by atoms with Gasteiger partial charge in [-0.3, -0.25) is 5.32 Å². The van der Waals surface area contributed by atoms with E-state index in [9.17, 15) is 26.3 Å². The molecular weight excluding hydrogens is 742 g/mol. The number of benzene rings is 6. The highest BCUT2D eigenvalue weighted by Crippen LogP contribution is 2.35. The Labute approximate surface area is 321 Å². The molecule has 6 aromatic rings. The van der Waals surface area contributed by atoms with Crippen molar-refractivity contribution in [1.29, 1.82) is 0 Å². The van der Waals surface area contributed by atoms with Gasteiger partial charge in [0.05, 0.1) is 11.4 Å². The molecule has 55 heavy (non-hydrogen) atoms. The van der Waals surface area contributed by atoms with Gasteiger partial charge in [-0.2, -0.15) is 0 Å². The van der Waals surface area contributed by atoms with Gasteiger partial charge in [-0.25, -0.2) is 0 Å². The van der Waals surface area contributed by atoms with E-state index in [-0.39, 0.29) is 23.9 Å². The molecule has 0 spiro atoms. The minimum atomic E-state index is -4.74. The molecule has 5 N–H and O–H groups in total. The van der Waals surface area contributed by atoms with E-state index in [1.54, 1.807) is 12.1 Å². The van der Waals surface area contributed by atoms with Crippen molar-refractivity contribution < 1.29 is 53.5 Å². The maximum atomic E-state index is 12.6. The number of halogens is 7. The van der Waals surface area contributed by atoms with E-state index in [1.165, 1.54) is 24.3 Å². The van der Waals surface area contributed by atoms with Gasteiger partial charge < -0.3 is 37.8 Å². The monoisotopic (exact) mass is 780 g/mol. The lowest BCUT2D eigenvalue weighted by Gasteiger charge is -2.17. The molecule has 0 aliphatic heterocycles. The highest BCUT2D eigenvalue weighted by atomic mass is 35.5. The van der Waals surface area contributed by atoms with Gasteiger partial charge in [0.2, 0.25) is 0 Å². The molecule has 0 aliphatic carbocycles. The van der Waals surface area contributed by atoms with E-state index < -0.39 is 12.7 Å². The SMILES string of the molecule is Cc1cc(C)cc(Nc2cc(OC(F)(F)F)ccc2Nc2ccccc2)c1.Cc1cc(C)cc([NH2+]c2cc(OC(F)(F)F)ccc2Nc2ccccc2)c1.[Cl-]. The molecule has 6 aromatic carbocycles. The summed E-state index contributed by atoms with van der Waals surface area (Å²) in [7, 11) is 0. The summed E-state index contributed by atoms with van der Waals surface area (Å²) in [6.07, 6.45) is -9.48. The molecule has 0 bridgehead atoms. The van der Waals surface area contributed by atoms with Crippen molar-refractivity contribution in [3.05, 3.63) is 156 Å². The quantitative estimate of drug-likeness (QED) is 0.0825. The number of nitrogens with two attached hydrogens (primary N) is 1. The van der Waals surface area contributed by atoms with Crippen LogP contribution in [0.15, 0.2) is 133 Å². The van der Waals surface area contributed by atoms with E-state index in [2.05, 4.69) is 25.4 Å². The zero-order valence-corrected chi connectivity index (χ0v) is 31.0. The Morgan fingerprint density at radius 3 is 1.35 bits per heavy atom. The van der Waals surface area contributed by atoms with Crippen molar-refractivity contribution in [2.75, 3.05) is 16.0 Å². The Balaban J connectivity index is 0.000000240. The summed E-state index contributed by atoms with van der Waals surface area (Å²) in [4.78, 5) is 0. The van der Waals surface area contributed by atoms with Crippen LogP contribution in [0.3, 0.4) is 0 Å². The van der Waals surface area contributed by atoms with Crippen molar-refractivity contribution >= 4 is 45.5 Å². The predicted octanol–water partition coefficient (Wildman–Crippen LogP) is 9.17. The second-order valence-corrected chi connectivity index (χ2v) is 12.6. The van der Waals surface area contributed by atoms with E-state index in [0.29, 0.717) is 22.7 Å². The summed E-state index contributed by atoms with van der Waals surface area (Å²) in [6.45, 7) is 7.89. The molecular formula is C42H39ClF6N4O2. The second-order valence-electron chi connectivity index (χ2n) is 12.6. The molecule has 0 unspecified atom stereocenters. The number of para-hydroxylation sites is 2. The average Bonchev–Trinajstić information content (AvgIpc) is 3.06. The Kier molecular flexibility index (Phi) is 14.1. The van der Waals surface area contributed by atoms with Gasteiger partial charge in [-0.1, -0.05) is 48.5 Å². The molecule has 13 heteroatoms. The topological polar surface area (TPSA) is 71.2 Å². The number of rotatable bonds is 10. The number of hydrogen-bond donors (Lipinski definition) is 4. The number of ether oxygens (including phenoxy) is 2. The van der Waals surface area contributed by atoms with Crippen LogP contribution in [0.1, 0.15) is 22.3 Å². The van der Waals surface area contributed by atoms with E-state index in [4.69, 9.17) is 0 Å². The standard InChI is InChI=1S/2C21H19F3N2O.ClH/c2*1-14-10-15(2)12-17(11-14)26-20-13-18(27-21(22,23)24)8-9-19(20)25-16-6-4-3-5-7-16;/h2*3-13,25-26H,1-2H3;1H. The van der Waals surface area contributed by atoms with Crippen LogP contribution < -0.4 is 43.1 Å². The molecule has 288 valence electrons. The van der Waals surface area contributed by atoms with Crippen LogP contribution in [0.2, 0.25) is 0 Å². The molecule has 6 nitrogen and oxygen atoms in total. The highest BCUT2D eigenvalue weighted by molar-refractivity contribution is 5.80. The van der Waals surface area contributed by atoms with Gasteiger partial charge in [0.1, 0.15) is 22.9 Å². The third-order valence-electron chi connectivity index (χ3n) is 7.65. The van der Waals surface area contributed by atoms with Crippen LogP contribution in [-0.2, 0) is 0 Å². The molecule has 0 amide bonds. The van der Waals surface area contributed by atoms with Crippen molar-refractivity contribution in [1.82, 2.24) is 0 Å². The molecule has 0 saturated heterocycles. The Hall–Kier alpha value is -5.85. The fourth-order valence-corrected chi connectivity index (χ4v) is 5.73. The molecule has 0 aromatic heterocycles. The average molecular weight is 781 g/mol. The number of quaternary nitrogens is 1. The first-order valence-electron chi connectivity index (χ1n) is 16.8. The molecule has 0 saturated carbocycles. The van der Waals surface area contributed by atoms with Crippen LogP contribution >= 0.6 is 0 Å². The summed E-state index contributed by atoms with van der Waals surface area (Å²) < 4.78 is 83.8. The normalized spacial score (nSPS) is 11.0. The summed E-state index contributed by atoms with van der Waals surface area (Å²) in [5.41, 5.74) is 10.0. The lowest BCUT2D eigenvalue weighted by atomic mass is 10.1. The summed E-state index contributed by atoms with van der Waals surface area (Å²) in [6, 6.07) is 39.2. The summed E-state index contributed by atoms with van der Waals surface area (Å²) in [5.74, 6) is -0.537. The Morgan fingerprint density at radius 1 is 0.436 bits per heavy atom. The third-order valence-corrected chi connectivity index (χ3v) is 7.65. The number of alkyl halides is 6. The van der Waals surface area contributed by atoms with E-state index >= 15 is 0 Å². The number of nitrogens with one attached hydrogen (secondary N) is 3. The first-order valence-corrected chi connectivity index (χ1v) is 16.8. The molecule has 0 heterocycles. The van der Waals surface area contributed by atoms with Crippen molar-refractivity contribution in [3.63, 3.8) is 0 Å². The number of aryl methyl sites for hydroxylation is 4. The van der Waals surface area contributed by atoms with Crippen molar-refractivity contribution in [2.24, 2.45) is 0 Å². The lowest BCUT2D eigenvalue weighted by Crippen LogP contribution is -3.00. The first kappa shape index (κ1) is 41.9. The molecule has 6 rings (SSSR count). The smallest absolute Gasteiger partial charge is 0.573 e. The Bertz CT molecular complexity index is 1970. The Morgan fingerprint density at radius 2 is 0.855 bits per heavy atom. The molecule has 0 radical (unpaired) electrons. The zero-order chi connectivity index (χ0) is 38.9. The maximum absolute atomic E-state index is 12.6. The van der Waals surface area contributed by atoms with E-state index in [1.807, 2.05) is 130 Å². The largest absolute Gasteiger partial charge is 1.00 e. The molecule has 0 aliphatic rings. The van der Waals surface area contributed by atoms with Crippen LogP contribution in [0.25, 0.3) is 0 Å². The van der Waals surface area contributed by atoms with Gasteiger partial charge in [0, 0.05) is 41.3 Å². The van der Waals surface area contributed by atoms with Crippen molar-refractivity contribution in [2.45, 2.75) is 40.4 Å². The summed E-state index contributed by atoms with van der Waals surface area (Å²) >= 11 is 0. The maximum Gasteiger partial charge on any atom is 0.573 e. The van der Waals surface area contributed by atoms with E-state index in [0.717, 1.165) is 45.0 Å². The van der Waals surface area contributed by atoms with Gasteiger partial charge in [-0.05, 0) is 111 Å². The fourth-order valence-electron chi connectivity index (χ4n) is 5.73. The van der Waals surface area contributed by atoms with Gasteiger partial charge in [-0.15, -0.1) is 26.3 Å². The van der Waals surface area contributed by atoms with Crippen LogP contribution in [-0.4, -0.2) is 12.7 Å². The highest BCUT2D eigenvalue weighted by Gasteiger charge is 2.32. The molecule has 0 atom stereocenters. The minimum Gasteiger partial charge on any atom is -1.00 e. The molecule has 0 fully saturated rings. The van der Waals surface area contributed by atoms with Gasteiger partial charge >= 0.3 is 12.7 Å². The number of anilines is 6. The van der Waals surface area contributed by atoms with Gasteiger partial charge in [0.25, 0.3) is 0 Å². The lowest BCUT2D eigenvalue weighted by molar-refractivity contribution is -0.477. The first-order chi connectivity index (χ1) is 25.6. The van der Waals surface area contributed by atoms with Gasteiger partial charge in [0.15, 0.2) is 5.69 Å². The van der Waals surface area contributed by atoms with Crippen molar-refractivity contribution in [3.8, 4) is 11.5 Å². The minimum absolute atomic E-state index is 0. The van der Waals surface area contributed by atoms with Crippen LogP contribution in [0, 0.1) is 27.7 Å².